The summed E-state index contributed by atoms with van der Waals surface area (Å²) in [6.45, 7) is 2.47. The van der Waals surface area contributed by atoms with Gasteiger partial charge in [0.25, 0.3) is 0 Å². The normalized spacial score (nSPS) is 25.3. The molecule has 1 aromatic rings. The number of anilines is 1. The van der Waals surface area contributed by atoms with Gasteiger partial charge in [-0.15, -0.1) is 0 Å². The van der Waals surface area contributed by atoms with Crippen LogP contribution in [0.4, 0.5) is 5.69 Å². The zero-order chi connectivity index (χ0) is 13.6. The first-order valence-electron chi connectivity index (χ1n) is 6.32. The molecule has 0 aliphatic carbocycles. The number of fused-ring (bicyclic) bond motifs is 1. The molecule has 0 spiro atoms. The number of nitrogens with one attached hydrogen (secondary N) is 1. The lowest BCUT2D eigenvalue weighted by atomic mass is 9.94. The summed E-state index contributed by atoms with van der Waals surface area (Å²) in [5.41, 5.74) is 2.34. The van der Waals surface area contributed by atoms with Crippen LogP contribution >= 0.6 is 15.9 Å². The second kappa shape index (κ2) is 4.72. The number of hydrogen-bond donors (Lipinski definition) is 1. The van der Waals surface area contributed by atoms with Crippen molar-refractivity contribution in [1.29, 1.82) is 0 Å². The van der Waals surface area contributed by atoms with E-state index in [0.717, 1.165) is 22.1 Å². The number of ketones is 1. The van der Waals surface area contributed by atoms with Crippen molar-refractivity contribution in [3.05, 3.63) is 27.7 Å². The number of carbonyl (C=O) groups excluding carboxylic acids is 2. The lowest BCUT2D eigenvalue weighted by molar-refractivity contribution is -0.115. The lowest BCUT2D eigenvalue weighted by Crippen LogP contribution is -2.15. The van der Waals surface area contributed by atoms with Gasteiger partial charge in [0.1, 0.15) is 0 Å². The predicted octanol–water partition coefficient (Wildman–Crippen LogP) is 2.55. The summed E-state index contributed by atoms with van der Waals surface area (Å²) < 4.78 is 6.19. The second-order valence-electron chi connectivity index (χ2n) is 5.15. The summed E-state index contributed by atoms with van der Waals surface area (Å²) in [4.78, 5) is 23.8. The van der Waals surface area contributed by atoms with Crippen LogP contribution in [0.3, 0.4) is 0 Å². The molecule has 2 aliphatic heterocycles. The van der Waals surface area contributed by atoms with Gasteiger partial charge in [0.15, 0.2) is 5.78 Å². The molecule has 1 fully saturated rings. The Labute approximate surface area is 119 Å². The Balaban J connectivity index is 1.91. The van der Waals surface area contributed by atoms with Crippen LogP contribution in [0.5, 0.6) is 0 Å². The molecular weight excluding hydrogens is 310 g/mol. The maximum Gasteiger partial charge on any atom is 0.228 e. The van der Waals surface area contributed by atoms with Crippen molar-refractivity contribution >= 4 is 33.3 Å². The van der Waals surface area contributed by atoms with Gasteiger partial charge in [-0.2, -0.15) is 0 Å². The predicted molar refractivity (Wildman–Crippen MR) is 74.3 cm³/mol. The largest absolute Gasteiger partial charge is 0.378 e. The highest BCUT2D eigenvalue weighted by atomic mass is 79.9. The van der Waals surface area contributed by atoms with Crippen LogP contribution < -0.4 is 5.32 Å². The number of hydrogen-bond acceptors (Lipinski definition) is 3. The molecule has 1 N–H and O–H groups in total. The van der Waals surface area contributed by atoms with Crippen molar-refractivity contribution in [2.45, 2.75) is 25.9 Å². The van der Waals surface area contributed by atoms with E-state index in [2.05, 4.69) is 21.2 Å². The molecule has 100 valence electrons. The standard InChI is InChI=1S/C14H14BrNO3/c1-7-2-9(6-19-7)14(18)10-3-8-4-13(17)16-12(8)5-11(10)15/h3,5,7,9H,2,4,6H2,1H3,(H,16,17). The van der Waals surface area contributed by atoms with Gasteiger partial charge in [0.05, 0.1) is 19.1 Å². The molecular formula is C14H14BrNO3. The maximum atomic E-state index is 12.5. The Morgan fingerprint density at radius 3 is 2.95 bits per heavy atom. The number of carbonyl (C=O) groups is 2. The zero-order valence-electron chi connectivity index (χ0n) is 10.5. The van der Waals surface area contributed by atoms with Crippen LogP contribution in [-0.2, 0) is 16.0 Å². The van der Waals surface area contributed by atoms with Gasteiger partial charge >= 0.3 is 0 Å². The molecule has 1 aromatic carbocycles. The number of amides is 1. The van der Waals surface area contributed by atoms with Crippen molar-refractivity contribution in [2.24, 2.45) is 5.92 Å². The van der Waals surface area contributed by atoms with Crippen molar-refractivity contribution in [3.63, 3.8) is 0 Å². The molecule has 2 aliphatic rings. The lowest BCUT2D eigenvalue weighted by Gasteiger charge is -2.10. The zero-order valence-corrected chi connectivity index (χ0v) is 12.1. The van der Waals surface area contributed by atoms with Crippen LogP contribution in [-0.4, -0.2) is 24.4 Å². The molecule has 0 aromatic heterocycles. The fraction of sp³-hybridized carbons (Fsp3) is 0.429. The minimum atomic E-state index is -0.0746. The number of Topliss-reactive ketones (excluding diaryl/α,β-unsaturated/α-hetero) is 1. The second-order valence-corrected chi connectivity index (χ2v) is 6.01. The van der Waals surface area contributed by atoms with Gasteiger partial charge in [0, 0.05) is 21.6 Å². The summed E-state index contributed by atoms with van der Waals surface area (Å²) in [7, 11) is 0. The highest BCUT2D eigenvalue weighted by molar-refractivity contribution is 9.10. The summed E-state index contributed by atoms with van der Waals surface area (Å²) in [6.07, 6.45) is 1.25. The van der Waals surface area contributed by atoms with E-state index in [1.807, 2.05) is 19.1 Å². The van der Waals surface area contributed by atoms with Crippen LogP contribution in [0.1, 0.15) is 29.3 Å². The van der Waals surface area contributed by atoms with Crippen molar-refractivity contribution in [1.82, 2.24) is 0 Å². The fourth-order valence-corrected chi connectivity index (χ4v) is 3.20. The van der Waals surface area contributed by atoms with E-state index in [0.29, 0.717) is 18.6 Å². The average molecular weight is 324 g/mol. The highest BCUT2D eigenvalue weighted by Gasteiger charge is 2.31. The van der Waals surface area contributed by atoms with Gasteiger partial charge in [0.2, 0.25) is 5.91 Å². The topological polar surface area (TPSA) is 55.4 Å². The molecule has 3 rings (SSSR count). The molecule has 1 saturated heterocycles. The van der Waals surface area contributed by atoms with E-state index >= 15 is 0 Å². The molecule has 2 unspecified atom stereocenters. The SMILES string of the molecule is CC1CC(C(=O)c2cc3c(cc2Br)NC(=O)C3)CO1. The first-order valence-corrected chi connectivity index (χ1v) is 7.12. The first-order chi connectivity index (χ1) is 9.04. The number of halogens is 1. The molecule has 1 amide bonds. The monoisotopic (exact) mass is 323 g/mol. The van der Waals surface area contributed by atoms with Crippen LogP contribution in [0, 0.1) is 5.92 Å². The van der Waals surface area contributed by atoms with Crippen molar-refractivity contribution < 1.29 is 14.3 Å². The Morgan fingerprint density at radius 2 is 2.26 bits per heavy atom. The fourth-order valence-electron chi connectivity index (χ4n) is 2.66. The van der Waals surface area contributed by atoms with E-state index in [4.69, 9.17) is 4.74 Å². The molecule has 5 heteroatoms. The van der Waals surface area contributed by atoms with Gasteiger partial charge < -0.3 is 10.1 Å². The maximum absolute atomic E-state index is 12.5. The van der Waals surface area contributed by atoms with Gasteiger partial charge in [-0.25, -0.2) is 0 Å². The summed E-state index contributed by atoms with van der Waals surface area (Å²) in [5.74, 6) is -0.00268. The third kappa shape index (κ3) is 2.32. The third-order valence-electron chi connectivity index (χ3n) is 3.65. The highest BCUT2D eigenvalue weighted by Crippen LogP contribution is 2.33. The molecule has 2 atom stereocenters. The van der Waals surface area contributed by atoms with Crippen LogP contribution in [0.25, 0.3) is 0 Å². The number of ether oxygens (including phenoxy) is 1. The van der Waals surface area contributed by atoms with E-state index in [9.17, 15) is 9.59 Å². The van der Waals surface area contributed by atoms with Crippen LogP contribution in [0.15, 0.2) is 16.6 Å². The van der Waals surface area contributed by atoms with Gasteiger partial charge in [-0.1, -0.05) is 0 Å². The quantitative estimate of drug-likeness (QED) is 0.851. The van der Waals surface area contributed by atoms with E-state index in [1.165, 1.54) is 0 Å². The molecule has 2 heterocycles. The smallest absolute Gasteiger partial charge is 0.228 e. The Hall–Kier alpha value is -1.20. The van der Waals surface area contributed by atoms with Crippen molar-refractivity contribution in [2.75, 3.05) is 11.9 Å². The molecule has 19 heavy (non-hydrogen) atoms. The molecule has 0 radical (unpaired) electrons. The van der Waals surface area contributed by atoms with E-state index in [-0.39, 0.29) is 23.7 Å². The first kappa shape index (κ1) is 12.8. The minimum Gasteiger partial charge on any atom is -0.378 e. The van der Waals surface area contributed by atoms with E-state index < -0.39 is 0 Å². The minimum absolute atomic E-state index is 0.0238. The molecule has 4 nitrogen and oxygen atoms in total. The Bertz CT molecular complexity index is 570. The Kier molecular flexibility index (Phi) is 3.19. The number of benzene rings is 1. The molecule has 0 bridgehead atoms. The average Bonchev–Trinajstić information content (AvgIpc) is 2.92. The Morgan fingerprint density at radius 1 is 1.47 bits per heavy atom. The van der Waals surface area contributed by atoms with Gasteiger partial charge in [-0.05, 0) is 47.0 Å². The van der Waals surface area contributed by atoms with Crippen molar-refractivity contribution in [3.8, 4) is 0 Å². The molecule has 0 saturated carbocycles. The van der Waals surface area contributed by atoms with Gasteiger partial charge in [-0.3, -0.25) is 9.59 Å². The van der Waals surface area contributed by atoms with E-state index in [1.54, 1.807) is 0 Å². The van der Waals surface area contributed by atoms with Crippen LogP contribution in [0.2, 0.25) is 0 Å². The summed E-state index contributed by atoms with van der Waals surface area (Å²) >= 11 is 3.42. The third-order valence-corrected chi connectivity index (χ3v) is 4.31. The number of rotatable bonds is 2. The summed E-state index contributed by atoms with van der Waals surface area (Å²) in [5, 5.41) is 2.78. The summed E-state index contributed by atoms with van der Waals surface area (Å²) in [6, 6.07) is 3.63.